The number of phenolic OH excluding ortho intramolecular Hbond substituents is 1. The standard InChI is InChI=1S/C22H27N3O5S/c1-3-30-21-14-17(6-9-20(21)26)15-23-24-22(27)18-10-12-25(13-11-18)31(28,29)19-7-4-16(2)5-8-19/h4-9,14-15,18,26H,3,10-13H2,1-2H3,(H,24,27). The normalized spacial score (nSPS) is 15.8. The van der Waals surface area contributed by atoms with E-state index >= 15 is 0 Å². The number of benzene rings is 2. The van der Waals surface area contributed by atoms with Crippen LogP contribution in [0.5, 0.6) is 11.5 Å². The number of ether oxygens (including phenoxy) is 1. The molecular formula is C22H27N3O5S. The third kappa shape index (κ3) is 5.62. The number of sulfonamides is 1. The molecule has 0 bridgehead atoms. The van der Waals surface area contributed by atoms with Crippen molar-refractivity contribution in [2.24, 2.45) is 11.0 Å². The summed E-state index contributed by atoms with van der Waals surface area (Å²) in [5.41, 5.74) is 4.18. The second kappa shape index (κ2) is 9.93. The molecule has 1 aliphatic rings. The summed E-state index contributed by atoms with van der Waals surface area (Å²) in [5, 5.41) is 13.7. The summed E-state index contributed by atoms with van der Waals surface area (Å²) in [7, 11) is -3.55. The predicted octanol–water partition coefficient (Wildman–Crippen LogP) is 2.65. The van der Waals surface area contributed by atoms with Gasteiger partial charge >= 0.3 is 0 Å². The smallest absolute Gasteiger partial charge is 0.243 e. The first kappa shape index (κ1) is 22.8. The zero-order chi connectivity index (χ0) is 22.4. The highest BCUT2D eigenvalue weighted by Gasteiger charge is 2.32. The van der Waals surface area contributed by atoms with Crippen LogP contribution in [0, 0.1) is 12.8 Å². The first-order chi connectivity index (χ1) is 14.8. The van der Waals surface area contributed by atoms with Crippen LogP contribution in [0.25, 0.3) is 0 Å². The summed E-state index contributed by atoms with van der Waals surface area (Å²) < 4.78 is 32.3. The van der Waals surface area contributed by atoms with E-state index in [1.54, 1.807) is 36.4 Å². The van der Waals surface area contributed by atoms with Crippen molar-refractivity contribution in [1.29, 1.82) is 0 Å². The molecule has 8 nitrogen and oxygen atoms in total. The molecule has 2 N–H and O–H groups in total. The zero-order valence-corrected chi connectivity index (χ0v) is 18.4. The van der Waals surface area contributed by atoms with Crippen molar-refractivity contribution >= 4 is 22.1 Å². The number of aromatic hydroxyl groups is 1. The van der Waals surface area contributed by atoms with Crippen molar-refractivity contribution in [3.63, 3.8) is 0 Å². The second-order valence-electron chi connectivity index (χ2n) is 7.39. The molecule has 3 rings (SSSR count). The Bertz CT molecular complexity index is 1040. The number of hydrogen-bond donors (Lipinski definition) is 2. The molecule has 1 heterocycles. The maximum Gasteiger partial charge on any atom is 0.243 e. The summed E-state index contributed by atoms with van der Waals surface area (Å²) in [5.74, 6) is -0.164. The Morgan fingerprint density at radius 2 is 1.90 bits per heavy atom. The number of amides is 1. The van der Waals surface area contributed by atoms with E-state index < -0.39 is 10.0 Å². The highest BCUT2D eigenvalue weighted by atomic mass is 32.2. The Morgan fingerprint density at radius 1 is 1.23 bits per heavy atom. The summed E-state index contributed by atoms with van der Waals surface area (Å²) in [6.07, 6.45) is 2.33. The monoisotopic (exact) mass is 445 g/mol. The molecule has 0 spiro atoms. The molecule has 1 aliphatic heterocycles. The van der Waals surface area contributed by atoms with Gasteiger partial charge in [-0.05, 0) is 62.6 Å². The fourth-order valence-electron chi connectivity index (χ4n) is 3.36. The van der Waals surface area contributed by atoms with Crippen molar-refractivity contribution in [3.8, 4) is 11.5 Å². The van der Waals surface area contributed by atoms with Crippen molar-refractivity contribution in [2.45, 2.75) is 31.6 Å². The Labute approximate surface area is 182 Å². The van der Waals surface area contributed by atoms with E-state index in [0.717, 1.165) is 5.56 Å². The molecule has 1 saturated heterocycles. The maximum absolute atomic E-state index is 12.8. The quantitative estimate of drug-likeness (QED) is 0.503. The Balaban J connectivity index is 1.54. The van der Waals surface area contributed by atoms with Gasteiger partial charge in [-0.15, -0.1) is 0 Å². The number of nitrogens with zero attached hydrogens (tertiary/aromatic N) is 2. The van der Waals surface area contributed by atoms with E-state index in [-0.39, 0.29) is 35.6 Å². The third-order valence-electron chi connectivity index (χ3n) is 5.16. The molecule has 0 radical (unpaired) electrons. The molecule has 2 aromatic carbocycles. The molecule has 9 heteroatoms. The van der Waals surface area contributed by atoms with Gasteiger partial charge < -0.3 is 9.84 Å². The molecular weight excluding hydrogens is 418 g/mol. The van der Waals surface area contributed by atoms with Crippen LogP contribution in [0.4, 0.5) is 0 Å². The first-order valence-corrected chi connectivity index (χ1v) is 11.6. The van der Waals surface area contributed by atoms with Crippen molar-refractivity contribution in [3.05, 3.63) is 53.6 Å². The summed E-state index contributed by atoms with van der Waals surface area (Å²) in [4.78, 5) is 12.7. The number of hydrogen-bond acceptors (Lipinski definition) is 6. The molecule has 0 atom stereocenters. The fraction of sp³-hybridized carbons (Fsp3) is 0.364. The summed E-state index contributed by atoms with van der Waals surface area (Å²) >= 11 is 0. The Hall–Kier alpha value is -2.91. The van der Waals surface area contributed by atoms with Gasteiger partial charge in [0.1, 0.15) is 0 Å². The van der Waals surface area contributed by atoms with E-state index in [2.05, 4.69) is 10.5 Å². The number of piperidine rings is 1. The average molecular weight is 446 g/mol. The summed E-state index contributed by atoms with van der Waals surface area (Å²) in [6.45, 7) is 4.71. The van der Waals surface area contributed by atoms with Gasteiger partial charge in [-0.25, -0.2) is 13.8 Å². The number of nitrogens with one attached hydrogen (secondary N) is 1. The second-order valence-corrected chi connectivity index (χ2v) is 9.32. The van der Waals surface area contributed by atoms with Gasteiger partial charge in [-0.3, -0.25) is 4.79 Å². The molecule has 0 unspecified atom stereocenters. The van der Waals surface area contributed by atoms with Crippen molar-refractivity contribution in [1.82, 2.24) is 9.73 Å². The van der Waals surface area contributed by atoms with E-state index in [1.165, 1.54) is 16.6 Å². The lowest BCUT2D eigenvalue weighted by molar-refractivity contribution is -0.126. The Kier molecular flexibility index (Phi) is 7.29. The highest BCUT2D eigenvalue weighted by molar-refractivity contribution is 7.89. The van der Waals surface area contributed by atoms with Crippen LogP contribution in [0.2, 0.25) is 0 Å². The number of phenols is 1. The lowest BCUT2D eigenvalue weighted by atomic mass is 9.98. The first-order valence-electron chi connectivity index (χ1n) is 10.2. The van der Waals surface area contributed by atoms with E-state index in [4.69, 9.17) is 4.74 Å². The van der Waals surface area contributed by atoms with Crippen LogP contribution < -0.4 is 10.2 Å². The zero-order valence-electron chi connectivity index (χ0n) is 17.6. The molecule has 31 heavy (non-hydrogen) atoms. The largest absolute Gasteiger partial charge is 0.504 e. The van der Waals surface area contributed by atoms with Gasteiger partial charge in [0.05, 0.1) is 17.7 Å². The van der Waals surface area contributed by atoms with Crippen LogP contribution in [-0.2, 0) is 14.8 Å². The predicted molar refractivity (Wildman–Crippen MR) is 118 cm³/mol. The molecule has 0 saturated carbocycles. The van der Waals surface area contributed by atoms with Gasteiger partial charge in [0.15, 0.2) is 11.5 Å². The Morgan fingerprint density at radius 3 is 2.55 bits per heavy atom. The third-order valence-corrected chi connectivity index (χ3v) is 7.07. The van der Waals surface area contributed by atoms with E-state index in [1.807, 2.05) is 13.8 Å². The molecule has 1 fully saturated rings. The number of carbonyl (C=O) groups is 1. The number of rotatable bonds is 7. The molecule has 2 aromatic rings. The number of hydrazone groups is 1. The molecule has 0 aromatic heterocycles. The molecule has 0 aliphatic carbocycles. The fourth-order valence-corrected chi connectivity index (χ4v) is 4.83. The minimum Gasteiger partial charge on any atom is -0.504 e. The topological polar surface area (TPSA) is 108 Å². The molecule has 1 amide bonds. The van der Waals surface area contributed by atoms with E-state index in [9.17, 15) is 18.3 Å². The van der Waals surface area contributed by atoms with E-state index in [0.29, 0.717) is 30.8 Å². The number of aryl methyl sites for hydroxylation is 1. The average Bonchev–Trinajstić information content (AvgIpc) is 2.76. The summed E-state index contributed by atoms with van der Waals surface area (Å²) in [6, 6.07) is 11.5. The lowest BCUT2D eigenvalue weighted by Crippen LogP contribution is -2.42. The lowest BCUT2D eigenvalue weighted by Gasteiger charge is -2.30. The van der Waals surface area contributed by atoms with Gasteiger partial charge in [0.25, 0.3) is 0 Å². The maximum atomic E-state index is 12.8. The van der Waals surface area contributed by atoms with Gasteiger partial charge in [0, 0.05) is 19.0 Å². The molecule has 166 valence electrons. The van der Waals surface area contributed by atoms with Crippen LogP contribution >= 0.6 is 0 Å². The van der Waals surface area contributed by atoms with Crippen molar-refractivity contribution < 1.29 is 23.1 Å². The van der Waals surface area contributed by atoms with Crippen LogP contribution in [0.3, 0.4) is 0 Å². The minimum atomic E-state index is -3.55. The highest BCUT2D eigenvalue weighted by Crippen LogP contribution is 2.26. The van der Waals surface area contributed by atoms with Crippen LogP contribution in [0.15, 0.2) is 52.5 Å². The van der Waals surface area contributed by atoms with Crippen LogP contribution in [-0.4, -0.2) is 49.6 Å². The van der Waals surface area contributed by atoms with Crippen molar-refractivity contribution in [2.75, 3.05) is 19.7 Å². The van der Waals surface area contributed by atoms with Gasteiger partial charge in [-0.1, -0.05) is 17.7 Å². The SMILES string of the molecule is CCOc1cc(C=NNC(=O)C2CCN(S(=O)(=O)c3ccc(C)cc3)CC2)ccc1O. The van der Waals surface area contributed by atoms with Gasteiger partial charge in [-0.2, -0.15) is 9.41 Å². The minimum absolute atomic E-state index is 0.0374. The van der Waals surface area contributed by atoms with Gasteiger partial charge in [0.2, 0.25) is 15.9 Å². The number of carbonyl (C=O) groups excluding carboxylic acids is 1. The van der Waals surface area contributed by atoms with Crippen LogP contribution in [0.1, 0.15) is 30.9 Å².